The highest BCUT2D eigenvalue weighted by Crippen LogP contribution is 2.25. The molecule has 0 unspecified atom stereocenters. The minimum absolute atomic E-state index is 0.0774. The van der Waals surface area contributed by atoms with E-state index in [2.05, 4.69) is 15.3 Å². The number of rotatable bonds is 5. The highest BCUT2D eigenvalue weighted by atomic mass is 16.5. The quantitative estimate of drug-likeness (QED) is 0.490. The number of carbonyl (C=O) groups is 3. The summed E-state index contributed by atoms with van der Waals surface area (Å²) >= 11 is 0. The molecule has 2 aromatic carbocycles. The number of ether oxygens (including phenoxy) is 1. The molecule has 0 radical (unpaired) electrons. The first-order chi connectivity index (χ1) is 13.5. The lowest BCUT2D eigenvalue weighted by Gasteiger charge is -2.16. The zero-order valence-corrected chi connectivity index (χ0v) is 15.7. The molecule has 1 aliphatic heterocycles. The van der Waals surface area contributed by atoms with Gasteiger partial charge in [0, 0.05) is 18.7 Å². The number of hydrogen-bond donors (Lipinski definition) is 1. The van der Waals surface area contributed by atoms with Crippen molar-refractivity contribution < 1.29 is 19.1 Å². The molecule has 144 valence electrons. The number of esters is 1. The summed E-state index contributed by atoms with van der Waals surface area (Å²) < 4.78 is 4.64. The second kappa shape index (κ2) is 8.47. The van der Waals surface area contributed by atoms with Gasteiger partial charge < -0.3 is 9.64 Å². The normalized spacial score (nSPS) is 16.4. The van der Waals surface area contributed by atoms with Crippen LogP contribution in [0.15, 0.2) is 53.6 Å². The fraction of sp³-hybridized carbons (Fsp3) is 0.238. The molecule has 1 heterocycles. The van der Waals surface area contributed by atoms with Crippen LogP contribution < -0.4 is 10.3 Å². The molecule has 0 saturated carbocycles. The Morgan fingerprint density at radius 1 is 1.14 bits per heavy atom. The molecular weight excluding hydrogens is 358 g/mol. The van der Waals surface area contributed by atoms with Crippen LogP contribution in [0.5, 0.6) is 0 Å². The van der Waals surface area contributed by atoms with Gasteiger partial charge in [0.05, 0.1) is 24.8 Å². The van der Waals surface area contributed by atoms with Gasteiger partial charge in [-0.25, -0.2) is 10.2 Å². The predicted molar refractivity (Wildman–Crippen MR) is 105 cm³/mol. The molecule has 1 N–H and O–H groups in total. The Morgan fingerprint density at radius 3 is 2.46 bits per heavy atom. The maximum absolute atomic E-state index is 12.3. The van der Waals surface area contributed by atoms with Gasteiger partial charge in [-0.05, 0) is 36.8 Å². The standard InChI is InChI=1S/C21H21N3O4/c1-14-3-9-18(10-4-14)24-13-17(11-19(24)25)20(26)23-22-12-15-5-7-16(8-6-15)21(27)28-2/h3-10,12,17H,11,13H2,1-2H3,(H,23,26)/b22-12+/t17-/m1/s1. The van der Waals surface area contributed by atoms with E-state index in [1.165, 1.54) is 13.3 Å². The third kappa shape index (κ3) is 4.43. The molecule has 0 bridgehead atoms. The van der Waals surface area contributed by atoms with Crippen molar-refractivity contribution in [1.29, 1.82) is 0 Å². The number of carbonyl (C=O) groups excluding carboxylic acids is 3. The second-order valence-corrected chi connectivity index (χ2v) is 6.59. The van der Waals surface area contributed by atoms with E-state index in [0.717, 1.165) is 16.8 Å². The first-order valence-electron chi connectivity index (χ1n) is 8.86. The number of nitrogens with zero attached hydrogens (tertiary/aromatic N) is 2. The van der Waals surface area contributed by atoms with E-state index in [9.17, 15) is 14.4 Å². The molecule has 2 amide bonds. The van der Waals surface area contributed by atoms with Gasteiger partial charge in [0.1, 0.15) is 0 Å². The largest absolute Gasteiger partial charge is 0.465 e. The number of hydrazone groups is 1. The number of amides is 2. The fourth-order valence-corrected chi connectivity index (χ4v) is 2.94. The Labute approximate surface area is 163 Å². The molecule has 1 saturated heterocycles. The highest BCUT2D eigenvalue weighted by Gasteiger charge is 2.35. The molecular formula is C21H21N3O4. The smallest absolute Gasteiger partial charge is 0.337 e. The summed E-state index contributed by atoms with van der Waals surface area (Å²) in [6.45, 7) is 2.31. The maximum Gasteiger partial charge on any atom is 0.337 e. The first kappa shape index (κ1) is 19.3. The average Bonchev–Trinajstić information content (AvgIpc) is 3.10. The van der Waals surface area contributed by atoms with Crippen LogP contribution in [0.1, 0.15) is 27.9 Å². The number of nitrogens with one attached hydrogen (secondary N) is 1. The van der Waals surface area contributed by atoms with Gasteiger partial charge in [-0.2, -0.15) is 5.10 Å². The minimum atomic E-state index is -0.451. The SMILES string of the molecule is COC(=O)c1ccc(/C=N/NC(=O)[C@@H]2CC(=O)N(c3ccc(C)cc3)C2)cc1. The molecule has 0 aromatic heterocycles. The van der Waals surface area contributed by atoms with Gasteiger partial charge >= 0.3 is 5.97 Å². The lowest BCUT2D eigenvalue weighted by Crippen LogP contribution is -2.30. The van der Waals surface area contributed by atoms with Crippen LogP contribution in [-0.4, -0.2) is 37.7 Å². The van der Waals surface area contributed by atoms with Gasteiger partial charge in [0.25, 0.3) is 0 Å². The predicted octanol–water partition coefficient (Wildman–Crippen LogP) is 2.28. The summed E-state index contributed by atoms with van der Waals surface area (Å²) in [4.78, 5) is 37.6. The average molecular weight is 379 g/mol. The fourth-order valence-electron chi connectivity index (χ4n) is 2.94. The highest BCUT2D eigenvalue weighted by molar-refractivity contribution is 6.00. The van der Waals surface area contributed by atoms with Crippen molar-refractivity contribution in [3.63, 3.8) is 0 Å². The maximum atomic E-state index is 12.3. The van der Waals surface area contributed by atoms with Crippen LogP contribution in [0.25, 0.3) is 0 Å². The molecule has 28 heavy (non-hydrogen) atoms. The Balaban J connectivity index is 1.56. The van der Waals surface area contributed by atoms with Crippen molar-refractivity contribution >= 4 is 29.7 Å². The van der Waals surface area contributed by atoms with Crippen molar-refractivity contribution in [3.05, 3.63) is 65.2 Å². The molecule has 0 aliphatic carbocycles. The third-order valence-corrected chi connectivity index (χ3v) is 4.56. The summed E-state index contributed by atoms with van der Waals surface area (Å²) in [7, 11) is 1.32. The topological polar surface area (TPSA) is 88.1 Å². The Morgan fingerprint density at radius 2 is 1.82 bits per heavy atom. The van der Waals surface area contributed by atoms with E-state index < -0.39 is 11.9 Å². The van der Waals surface area contributed by atoms with E-state index in [1.54, 1.807) is 29.2 Å². The van der Waals surface area contributed by atoms with Crippen molar-refractivity contribution in [1.82, 2.24) is 5.43 Å². The molecule has 1 atom stereocenters. The van der Waals surface area contributed by atoms with E-state index in [-0.39, 0.29) is 18.2 Å². The van der Waals surface area contributed by atoms with Crippen LogP contribution in [0.2, 0.25) is 0 Å². The van der Waals surface area contributed by atoms with Crippen molar-refractivity contribution in [2.75, 3.05) is 18.6 Å². The number of benzene rings is 2. The van der Waals surface area contributed by atoms with Gasteiger partial charge in [-0.15, -0.1) is 0 Å². The monoisotopic (exact) mass is 379 g/mol. The van der Waals surface area contributed by atoms with E-state index in [4.69, 9.17) is 0 Å². The number of anilines is 1. The molecule has 1 aliphatic rings. The molecule has 2 aromatic rings. The molecule has 0 spiro atoms. The van der Waals surface area contributed by atoms with Crippen molar-refractivity contribution in [2.45, 2.75) is 13.3 Å². The van der Waals surface area contributed by atoms with Crippen LogP contribution in [-0.2, 0) is 14.3 Å². The second-order valence-electron chi connectivity index (χ2n) is 6.59. The van der Waals surface area contributed by atoms with Crippen LogP contribution in [0.4, 0.5) is 5.69 Å². The van der Waals surface area contributed by atoms with Gasteiger partial charge in [0.2, 0.25) is 11.8 Å². The summed E-state index contributed by atoms with van der Waals surface area (Å²) in [5.74, 6) is -1.25. The summed E-state index contributed by atoms with van der Waals surface area (Å²) in [5.41, 5.74) is 5.54. The molecule has 1 fully saturated rings. The van der Waals surface area contributed by atoms with Crippen molar-refractivity contribution in [2.24, 2.45) is 11.0 Å². The number of hydrogen-bond acceptors (Lipinski definition) is 5. The Bertz CT molecular complexity index is 904. The lowest BCUT2D eigenvalue weighted by atomic mass is 10.1. The van der Waals surface area contributed by atoms with E-state index >= 15 is 0 Å². The van der Waals surface area contributed by atoms with Crippen molar-refractivity contribution in [3.8, 4) is 0 Å². The van der Waals surface area contributed by atoms with E-state index in [0.29, 0.717) is 12.1 Å². The van der Waals surface area contributed by atoms with Gasteiger partial charge in [-0.3, -0.25) is 9.59 Å². The van der Waals surface area contributed by atoms with E-state index in [1.807, 2.05) is 31.2 Å². The summed E-state index contributed by atoms with van der Waals surface area (Å²) in [5, 5.41) is 3.94. The minimum Gasteiger partial charge on any atom is -0.465 e. The Kier molecular flexibility index (Phi) is 5.84. The van der Waals surface area contributed by atoms with Crippen LogP contribution in [0, 0.1) is 12.8 Å². The number of aryl methyl sites for hydroxylation is 1. The summed E-state index contributed by atoms with van der Waals surface area (Å²) in [6.07, 6.45) is 1.64. The molecule has 3 rings (SSSR count). The van der Waals surface area contributed by atoms with Crippen LogP contribution >= 0.6 is 0 Å². The van der Waals surface area contributed by atoms with Gasteiger partial charge in [-0.1, -0.05) is 29.8 Å². The third-order valence-electron chi connectivity index (χ3n) is 4.56. The molecule has 7 nitrogen and oxygen atoms in total. The zero-order chi connectivity index (χ0) is 20.1. The number of methoxy groups -OCH3 is 1. The first-order valence-corrected chi connectivity index (χ1v) is 8.86. The summed E-state index contributed by atoms with van der Waals surface area (Å²) in [6, 6.07) is 14.2. The lowest BCUT2D eigenvalue weighted by molar-refractivity contribution is -0.126. The van der Waals surface area contributed by atoms with Gasteiger partial charge in [0.15, 0.2) is 0 Å². The molecule has 7 heteroatoms. The Hall–Kier alpha value is -3.48. The van der Waals surface area contributed by atoms with Crippen LogP contribution in [0.3, 0.4) is 0 Å². The zero-order valence-electron chi connectivity index (χ0n) is 15.7.